The van der Waals surface area contributed by atoms with Crippen LogP contribution in [0.25, 0.3) is 6.08 Å². The van der Waals surface area contributed by atoms with E-state index in [0.717, 1.165) is 6.42 Å². The van der Waals surface area contributed by atoms with Crippen molar-refractivity contribution in [2.24, 2.45) is 5.92 Å². The maximum Gasteiger partial charge on any atom is 0.346 e. The predicted molar refractivity (Wildman–Crippen MR) is 67.3 cm³/mol. The number of hydrogen-bond acceptors (Lipinski definition) is 3. The minimum Gasteiger partial charge on any atom is -0.483 e. The summed E-state index contributed by atoms with van der Waals surface area (Å²) in [6.07, 6.45) is 4.40. The molecule has 1 aromatic rings. The van der Waals surface area contributed by atoms with E-state index in [2.05, 4.69) is 13.8 Å². The second-order valence-electron chi connectivity index (χ2n) is 5.41. The van der Waals surface area contributed by atoms with Crippen molar-refractivity contribution in [1.82, 2.24) is 0 Å². The molecule has 0 unspecified atom stereocenters. The van der Waals surface area contributed by atoms with E-state index < -0.39 is 0 Å². The summed E-state index contributed by atoms with van der Waals surface area (Å²) in [4.78, 5) is 11.8. The first-order chi connectivity index (χ1) is 7.87. The van der Waals surface area contributed by atoms with Crippen LogP contribution in [0, 0.1) is 5.92 Å². The van der Waals surface area contributed by atoms with E-state index in [1.807, 2.05) is 26.0 Å². The van der Waals surface area contributed by atoms with Gasteiger partial charge in [0.1, 0.15) is 22.7 Å². The highest BCUT2D eigenvalue weighted by molar-refractivity contribution is 5.59. The Hall–Kier alpha value is -1.51. The van der Waals surface area contributed by atoms with Gasteiger partial charge in [-0.25, -0.2) is 4.79 Å². The van der Waals surface area contributed by atoms with Crippen LogP contribution in [0.2, 0.25) is 0 Å². The molecule has 3 heteroatoms. The Morgan fingerprint density at radius 1 is 1.35 bits per heavy atom. The lowest BCUT2D eigenvalue weighted by Crippen LogP contribution is -2.29. The number of fused-ring (bicyclic) bond motifs is 1. The highest BCUT2D eigenvalue weighted by atomic mass is 16.5. The van der Waals surface area contributed by atoms with E-state index >= 15 is 0 Å². The Morgan fingerprint density at radius 2 is 2.06 bits per heavy atom. The molecular formula is C14H18O3. The van der Waals surface area contributed by atoms with Gasteiger partial charge >= 0.3 is 5.63 Å². The van der Waals surface area contributed by atoms with Crippen LogP contribution in [0.4, 0.5) is 0 Å². The predicted octanol–water partition coefficient (Wildman–Crippen LogP) is 3.02. The average Bonchev–Trinajstić information content (AvgIpc) is 2.13. The first-order valence-corrected chi connectivity index (χ1v) is 5.93. The van der Waals surface area contributed by atoms with Crippen molar-refractivity contribution >= 4 is 6.08 Å². The molecule has 1 aliphatic rings. The van der Waals surface area contributed by atoms with E-state index in [9.17, 15) is 4.79 Å². The van der Waals surface area contributed by atoms with Gasteiger partial charge in [-0.1, -0.05) is 13.8 Å². The van der Waals surface area contributed by atoms with Crippen molar-refractivity contribution < 1.29 is 9.15 Å². The van der Waals surface area contributed by atoms with E-state index in [1.54, 1.807) is 6.08 Å². The van der Waals surface area contributed by atoms with E-state index in [0.29, 0.717) is 23.0 Å². The molecule has 0 saturated carbocycles. The smallest absolute Gasteiger partial charge is 0.346 e. The molecule has 17 heavy (non-hydrogen) atoms. The van der Waals surface area contributed by atoms with Gasteiger partial charge in [-0.3, -0.25) is 0 Å². The van der Waals surface area contributed by atoms with Gasteiger partial charge < -0.3 is 9.15 Å². The Morgan fingerprint density at radius 3 is 2.71 bits per heavy atom. The zero-order chi connectivity index (χ0) is 12.6. The van der Waals surface area contributed by atoms with Gasteiger partial charge in [-0.15, -0.1) is 0 Å². The molecule has 0 bridgehead atoms. The molecule has 0 amide bonds. The first-order valence-electron chi connectivity index (χ1n) is 5.93. The van der Waals surface area contributed by atoms with Gasteiger partial charge in [0.25, 0.3) is 0 Å². The molecule has 0 aliphatic carbocycles. The first kappa shape index (κ1) is 12.0. The van der Waals surface area contributed by atoms with E-state index in [4.69, 9.17) is 9.15 Å². The molecule has 3 nitrogen and oxygen atoms in total. The zero-order valence-corrected chi connectivity index (χ0v) is 10.7. The Labute approximate surface area is 101 Å². The molecule has 0 atom stereocenters. The van der Waals surface area contributed by atoms with Crippen LogP contribution >= 0.6 is 0 Å². The molecular weight excluding hydrogens is 216 g/mol. The van der Waals surface area contributed by atoms with Crippen LogP contribution in [-0.2, 0) is 6.42 Å². The van der Waals surface area contributed by atoms with Crippen molar-refractivity contribution in [3.63, 3.8) is 0 Å². The zero-order valence-electron chi connectivity index (χ0n) is 10.7. The summed E-state index contributed by atoms with van der Waals surface area (Å²) in [6.45, 7) is 8.10. The minimum absolute atomic E-state index is 0.315. The number of ether oxygens (including phenoxy) is 1. The fourth-order valence-corrected chi connectivity index (χ4v) is 1.87. The average molecular weight is 234 g/mol. The summed E-state index contributed by atoms with van der Waals surface area (Å²) in [5.41, 5.74) is -0.169. The van der Waals surface area contributed by atoms with Gasteiger partial charge in [0.05, 0.1) is 0 Å². The SMILES string of the molecule is CC(C)Cc1cc2c(c(=O)o1)C=CC(C)(C)O2. The van der Waals surface area contributed by atoms with Crippen LogP contribution in [0.3, 0.4) is 0 Å². The summed E-state index contributed by atoms with van der Waals surface area (Å²) >= 11 is 0. The van der Waals surface area contributed by atoms with E-state index in [-0.39, 0.29) is 11.2 Å². The molecule has 1 aliphatic heterocycles. The monoisotopic (exact) mass is 234 g/mol. The molecule has 2 rings (SSSR count). The quantitative estimate of drug-likeness (QED) is 0.789. The largest absolute Gasteiger partial charge is 0.483 e. The molecule has 92 valence electrons. The molecule has 0 spiro atoms. The van der Waals surface area contributed by atoms with Gasteiger partial charge in [0.2, 0.25) is 0 Å². The highest BCUT2D eigenvalue weighted by Gasteiger charge is 2.24. The maximum absolute atomic E-state index is 11.8. The lowest BCUT2D eigenvalue weighted by molar-refractivity contribution is 0.156. The summed E-state index contributed by atoms with van der Waals surface area (Å²) in [5.74, 6) is 1.77. The third-order valence-electron chi connectivity index (χ3n) is 2.64. The van der Waals surface area contributed by atoms with Gasteiger partial charge in [-0.05, 0) is 31.9 Å². The van der Waals surface area contributed by atoms with Gasteiger partial charge in [-0.2, -0.15) is 0 Å². The summed E-state index contributed by atoms with van der Waals surface area (Å²) < 4.78 is 11.0. The number of rotatable bonds is 2. The third kappa shape index (κ3) is 2.60. The molecule has 0 fully saturated rings. The molecule has 0 saturated heterocycles. The second-order valence-corrected chi connectivity index (χ2v) is 5.41. The summed E-state index contributed by atoms with van der Waals surface area (Å²) in [5, 5.41) is 0. The van der Waals surface area contributed by atoms with Gasteiger partial charge in [0, 0.05) is 12.5 Å². The fourth-order valence-electron chi connectivity index (χ4n) is 1.87. The standard InChI is InChI=1S/C14H18O3/c1-9(2)7-10-8-12-11(13(15)16-10)5-6-14(3,4)17-12/h5-6,8-9H,7H2,1-4H3. The molecule has 1 aromatic heterocycles. The second kappa shape index (κ2) is 4.06. The van der Waals surface area contributed by atoms with Crippen LogP contribution in [0.15, 0.2) is 21.4 Å². The van der Waals surface area contributed by atoms with Crippen LogP contribution in [0.1, 0.15) is 39.0 Å². The summed E-state index contributed by atoms with van der Waals surface area (Å²) in [6, 6.07) is 1.84. The third-order valence-corrected chi connectivity index (χ3v) is 2.64. The Kier molecular flexibility index (Phi) is 2.86. The lowest BCUT2D eigenvalue weighted by Gasteiger charge is -2.27. The molecule has 0 N–H and O–H groups in total. The van der Waals surface area contributed by atoms with Crippen LogP contribution in [-0.4, -0.2) is 5.60 Å². The van der Waals surface area contributed by atoms with E-state index in [1.165, 1.54) is 0 Å². The normalized spacial score (nSPS) is 16.8. The van der Waals surface area contributed by atoms with Crippen LogP contribution < -0.4 is 10.4 Å². The Bertz CT molecular complexity index is 507. The van der Waals surface area contributed by atoms with Gasteiger partial charge in [0.15, 0.2) is 0 Å². The Balaban J connectivity index is 2.44. The molecule has 0 aromatic carbocycles. The molecule has 2 heterocycles. The molecule has 0 radical (unpaired) electrons. The highest BCUT2D eigenvalue weighted by Crippen LogP contribution is 2.29. The summed E-state index contributed by atoms with van der Waals surface area (Å²) in [7, 11) is 0. The lowest BCUT2D eigenvalue weighted by atomic mass is 10.0. The topological polar surface area (TPSA) is 39.4 Å². The number of hydrogen-bond donors (Lipinski definition) is 0. The maximum atomic E-state index is 11.8. The minimum atomic E-state index is -0.365. The van der Waals surface area contributed by atoms with Crippen LogP contribution in [0.5, 0.6) is 5.75 Å². The van der Waals surface area contributed by atoms with Crippen molar-refractivity contribution in [2.75, 3.05) is 0 Å². The van der Waals surface area contributed by atoms with Crippen molar-refractivity contribution in [3.05, 3.63) is 33.9 Å². The van der Waals surface area contributed by atoms with Crippen molar-refractivity contribution in [2.45, 2.75) is 39.7 Å². The van der Waals surface area contributed by atoms with Crippen molar-refractivity contribution in [1.29, 1.82) is 0 Å². The van der Waals surface area contributed by atoms with Crippen molar-refractivity contribution in [3.8, 4) is 5.75 Å². The fraction of sp³-hybridized carbons (Fsp3) is 0.500.